The Kier molecular flexibility index (Phi) is 7.02. The number of carbonyl (C=O) groups is 5. The summed E-state index contributed by atoms with van der Waals surface area (Å²) in [7, 11) is 0. The first-order chi connectivity index (χ1) is 12.5. The Morgan fingerprint density at radius 2 is 1.62 bits per heavy atom. The van der Waals surface area contributed by atoms with Gasteiger partial charge in [0.15, 0.2) is 0 Å². The van der Waals surface area contributed by atoms with Crippen LogP contribution in [0.3, 0.4) is 0 Å². The Balaban J connectivity index is 1.82. The Hall–Kier alpha value is -3.03. The van der Waals surface area contributed by atoms with Gasteiger partial charge in [0.2, 0.25) is 0 Å². The zero-order valence-corrected chi connectivity index (χ0v) is 14.2. The van der Waals surface area contributed by atoms with Gasteiger partial charge in [-0.25, -0.2) is 4.79 Å². The number of nitrogens with zero attached hydrogens (tertiary/aromatic N) is 1. The van der Waals surface area contributed by atoms with Crippen molar-refractivity contribution >= 4 is 30.0 Å². The summed E-state index contributed by atoms with van der Waals surface area (Å²) >= 11 is 0. The van der Waals surface area contributed by atoms with Gasteiger partial charge < -0.3 is 14.9 Å². The van der Waals surface area contributed by atoms with E-state index in [0.29, 0.717) is 23.6 Å². The fraction of sp³-hybridized carbons (Fsp3) is 0.389. The van der Waals surface area contributed by atoms with Crippen molar-refractivity contribution in [3.63, 3.8) is 0 Å². The van der Waals surface area contributed by atoms with Crippen molar-refractivity contribution in [2.75, 3.05) is 6.54 Å². The summed E-state index contributed by atoms with van der Waals surface area (Å²) in [5, 5.41) is 3.23. The van der Waals surface area contributed by atoms with Gasteiger partial charge in [0.25, 0.3) is 17.7 Å². The number of nitrogens with one attached hydrogen (secondary N) is 1. The summed E-state index contributed by atoms with van der Waals surface area (Å²) in [6.07, 6.45) is 3.90. The van der Waals surface area contributed by atoms with Crippen molar-refractivity contribution in [2.24, 2.45) is 0 Å². The van der Waals surface area contributed by atoms with Crippen molar-refractivity contribution < 1.29 is 28.8 Å². The first-order valence-corrected chi connectivity index (χ1v) is 8.43. The van der Waals surface area contributed by atoms with Gasteiger partial charge in [0, 0.05) is 31.4 Å². The Labute approximate surface area is 150 Å². The van der Waals surface area contributed by atoms with Crippen molar-refractivity contribution in [1.29, 1.82) is 0 Å². The average Bonchev–Trinajstić information content (AvgIpc) is 2.96. The lowest BCUT2D eigenvalue weighted by atomic mass is 10.1. The predicted octanol–water partition coefficient (Wildman–Crippen LogP) is 1.40. The molecule has 1 aromatic rings. The Morgan fingerprint density at radius 1 is 1.00 bits per heavy atom. The summed E-state index contributed by atoms with van der Waals surface area (Å²) in [6, 6.07) is 5.72. The molecule has 0 aromatic heterocycles. The van der Waals surface area contributed by atoms with Crippen LogP contribution in [-0.2, 0) is 19.2 Å². The van der Waals surface area contributed by atoms with Gasteiger partial charge in [-0.15, -0.1) is 5.06 Å². The normalized spacial score (nSPS) is 13.6. The van der Waals surface area contributed by atoms with Crippen molar-refractivity contribution in [3.8, 4) is 0 Å². The highest BCUT2D eigenvalue weighted by Gasteiger charge is 2.33. The van der Waals surface area contributed by atoms with Crippen LogP contribution in [0.15, 0.2) is 24.3 Å². The van der Waals surface area contributed by atoms with Gasteiger partial charge in [0.05, 0.1) is 5.56 Å². The highest BCUT2D eigenvalue weighted by molar-refractivity contribution is 6.03. The van der Waals surface area contributed by atoms with E-state index in [9.17, 15) is 24.0 Å². The van der Waals surface area contributed by atoms with E-state index < -0.39 is 17.8 Å². The molecule has 0 spiro atoms. The molecule has 138 valence electrons. The molecule has 0 atom stereocenters. The van der Waals surface area contributed by atoms with Crippen LogP contribution >= 0.6 is 0 Å². The molecular weight excluding hydrogens is 340 g/mol. The lowest BCUT2D eigenvalue weighted by Crippen LogP contribution is -2.32. The van der Waals surface area contributed by atoms with Gasteiger partial charge >= 0.3 is 5.97 Å². The van der Waals surface area contributed by atoms with Crippen LogP contribution in [0.2, 0.25) is 0 Å². The Morgan fingerprint density at radius 3 is 2.23 bits per heavy atom. The van der Waals surface area contributed by atoms with Crippen LogP contribution in [0.25, 0.3) is 0 Å². The zero-order valence-electron chi connectivity index (χ0n) is 14.2. The number of amides is 3. The molecular formula is C18H20N2O6. The standard InChI is InChI=1S/C18H20N2O6/c21-12-4-2-1-3-11-19-17(24)13-5-7-14(8-6-13)18(25)26-20-15(22)9-10-16(20)23/h5-8,12H,1-4,9-11H2,(H,19,24). The first-order valence-electron chi connectivity index (χ1n) is 8.43. The van der Waals surface area contributed by atoms with Gasteiger partial charge in [-0.05, 0) is 37.1 Å². The van der Waals surface area contributed by atoms with E-state index >= 15 is 0 Å². The van der Waals surface area contributed by atoms with Gasteiger partial charge in [-0.3, -0.25) is 14.4 Å². The van der Waals surface area contributed by atoms with E-state index in [1.165, 1.54) is 24.3 Å². The maximum absolute atomic E-state index is 12.0. The second kappa shape index (κ2) is 9.45. The fourth-order valence-corrected chi connectivity index (χ4v) is 2.38. The third kappa shape index (κ3) is 5.23. The number of hydrogen-bond acceptors (Lipinski definition) is 6. The van der Waals surface area contributed by atoms with Crippen LogP contribution in [0.4, 0.5) is 0 Å². The third-order valence-corrected chi connectivity index (χ3v) is 3.85. The maximum atomic E-state index is 12.0. The fourth-order valence-electron chi connectivity index (χ4n) is 2.38. The summed E-state index contributed by atoms with van der Waals surface area (Å²) in [5.41, 5.74) is 0.505. The quantitative estimate of drug-likeness (QED) is 0.405. The number of hydrogen-bond donors (Lipinski definition) is 1. The molecule has 8 nitrogen and oxygen atoms in total. The molecule has 0 aliphatic carbocycles. The summed E-state index contributed by atoms with van der Waals surface area (Å²) in [5.74, 6) is -2.21. The van der Waals surface area contributed by atoms with Gasteiger partial charge in [-0.2, -0.15) is 0 Å². The molecule has 0 unspecified atom stereocenters. The summed E-state index contributed by atoms with van der Waals surface area (Å²) in [6.45, 7) is 0.501. The highest BCUT2D eigenvalue weighted by atomic mass is 16.7. The maximum Gasteiger partial charge on any atom is 0.363 e. The van der Waals surface area contributed by atoms with Crippen molar-refractivity contribution in [2.45, 2.75) is 38.5 Å². The molecule has 1 N–H and O–H groups in total. The molecule has 0 bridgehead atoms. The van der Waals surface area contributed by atoms with Crippen LogP contribution in [0, 0.1) is 0 Å². The van der Waals surface area contributed by atoms with Crippen molar-refractivity contribution in [1.82, 2.24) is 10.4 Å². The van der Waals surface area contributed by atoms with E-state index in [4.69, 9.17) is 4.84 Å². The number of unbranched alkanes of at least 4 members (excludes halogenated alkanes) is 3. The topological polar surface area (TPSA) is 110 Å². The number of imide groups is 1. The van der Waals surface area contributed by atoms with Crippen molar-refractivity contribution in [3.05, 3.63) is 35.4 Å². The predicted molar refractivity (Wildman–Crippen MR) is 89.8 cm³/mol. The molecule has 1 aliphatic rings. The zero-order chi connectivity index (χ0) is 18.9. The molecule has 26 heavy (non-hydrogen) atoms. The van der Waals surface area contributed by atoms with E-state index in [1.807, 2.05) is 0 Å². The lowest BCUT2D eigenvalue weighted by molar-refractivity contribution is -0.172. The smallest absolute Gasteiger partial charge is 0.352 e. The molecule has 3 amide bonds. The van der Waals surface area contributed by atoms with Gasteiger partial charge in [0.1, 0.15) is 6.29 Å². The number of rotatable bonds is 9. The number of carbonyl (C=O) groups excluding carboxylic acids is 5. The second-order valence-corrected chi connectivity index (χ2v) is 5.81. The lowest BCUT2D eigenvalue weighted by Gasteiger charge is -2.12. The monoisotopic (exact) mass is 360 g/mol. The van der Waals surface area contributed by atoms with Crippen LogP contribution in [0.1, 0.15) is 59.2 Å². The first kappa shape index (κ1) is 19.3. The molecule has 1 saturated heterocycles. The molecule has 1 aliphatic heterocycles. The minimum Gasteiger partial charge on any atom is -0.352 e. The number of hydroxylamine groups is 2. The van der Waals surface area contributed by atoms with E-state index in [0.717, 1.165) is 25.5 Å². The second-order valence-electron chi connectivity index (χ2n) is 5.81. The number of benzene rings is 1. The molecule has 2 rings (SSSR count). The van der Waals surface area contributed by atoms with E-state index in [-0.39, 0.29) is 24.3 Å². The molecule has 1 heterocycles. The molecule has 8 heteroatoms. The van der Waals surface area contributed by atoms with Crippen LogP contribution < -0.4 is 5.32 Å². The molecule has 0 radical (unpaired) electrons. The van der Waals surface area contributed by atoms with Gasteiger partial charge in [-0.1, -0.05) is 6.42 Å². The SMILES string of the molecule is O=CCCCCCNC(=O)c1ccc(C(=O)ON2C(=O)CCC2=O)cc1. The van der Waals surface area contributed by atoms with Crippen LogP contribution in [-0.4, -0.2) is 41.6 Å². The summed E-state index contributed by atoms with van der Waals surface area (Å²) < 4.78 is 0. The Bertz CT molecular complexity index is 682. The van der Waals surface area contributed by atoms with E-state index in [2.05, 4.69) is 5.32 Å². The highest BCUT2D eigenvalue weighted by Crippen LogP contribution is 2.14. The third-order valence-electron chi connectivity index (χ3n) is 3.85. The van der Waals surface area contributed by atoms with E-state index in [1.54, 1.807) is 0 Å². The largest absolute Gasteiger partial charge is 0.363 e. The average molecular weight is 360 g/mol. The minimum absolute atomic E-state index is 0.0281. The molecule has 1 aromatic carbocycles. The minimum atomic E-state index is -0.837. The summed E-state index contributed by atoms with van der Waals surface area (Å²) in [4.78, 5) is 61.8. The molecule has 1 fully saturated rings. The molecule has 0 saturated carbocycles. The van der Waals surface area contributed by atoms with Crippen LogP contribution in [0.5, 0.6) is 0 Å². The number of aldehydes is 1.